The monoisotopic (exact) mass is 540 g/mol. The molecule has 0 saturated heterocycles. The summed E-state index contributed by atoms with van der Waals surface area (Å²) in [4.78, 5) is 16.4. The number of methoxy groups -OCH3 is 1. The van der Waals surface area contributed by atoms with E-state index in [2.05, 4.69) is 59.6 Å². The van der Waals surface area contributed by atoms with Gasteiger partial charge in [-0.25, -0.2) is 0 Å². The maximum Gasteiger partial charge on any atom is 0.252 e. The van der Waals surface area contributed by atoms with Crippen LogP contribution in [-0.2, 0) is 32.9 Å². The summed E-state index contributed by atoms with van der Waals surface area (Å²) >= 11 is 2.34. The lowest BCUT2D eigenvalue weighted by molar-refractivity contribution is -0.150. The van der Waals surface area contributed by atoms with E-state index in [0.717, 1.165) is 42.1 Å². The number of amides is 1. The molecule has 1 aromatic rings. The van der Waals surface area contributed by atoms with E-state index in [1.165, 1.54) is 5.56 Å². The van der Waals surface area contributed by atoms with Gasteiger partial charge in [-0.3, -0.25) is 4.79 Å². The molecular weight excluding hydrogens is 500 g/mol. The minimum atomic E-state index is -1.31. The highest BCUT2D eigenvalue weighted by atomic mass is 79.9. The molecule has 7 heteroatoms. The zero-order chi connectivity index (χ0) is 24.4. The Kier molecular flexibility index (Phi) is 8.99. The molecule has 1 fully saturated rings. The Balaban J connectivity index is 2.23. The van der Waals surface area contributed by atoms with Crippen LogP contribution in [0.2, 0.25) is 0 Å². The largest absolute Gasteiger partial charge is 0.598 e. The predicted molar refractivity (Wildman–Crippen MR) is 139 cm³/mol. The first-order chi connectivity index (χ1) is 15.7. The summed E-state index contributed by atoms with van der Waals surface area (Å²) in [5.74, 6) is 1.21. The summed E-state index contributed by atoms with van der Waals surface area (Å²) in [6.45, 7) is 11.9. The number of nitrogens with zero attached hydrogens (tertiary/aromatic N) is 1. The fraction of sp³-hybridized carbons (Fsp3) is 0.731. The minimum absolute atomic E-state index is 0.0597. The Labute approximate surface area is 211 Å². The van der Waals surface area contributed by atoms with Gasteiger partial charge in [0.2, 0.25) is 0 Å². The number of nitrogens with one attached hydrogen (secondary N) is 1. The molecule has 0 radical (unpaired) electrons. The third-order valence-electron chi connectivity index (χ3n) is 7.94. The molecule has 0 aromatic heterocycles. The molecule has 6 atom stereocenters. The molecule has 0 bridgehead atoms. The molecule has 1 spiro atoms. The van der Waals surface area contributed by atoms with Crippen LogP contribution in [0.4, 0.5) is 0 Å². The van der Waals surface area contributed by atoms with E-state index < -0.39 is 16.9 Å². The number of benzene rings is 1. The molecule has 1 N–H and O–H groups in total. The van der Waals surface area contributed by atoms with Gasteiger partial charge in [0.25, 0.3) is 5.91 Å². The zero-order valence-electron chi connectivity index (χ0n) is 21.1. The van der Waals surface area contributed by atoms with Gasteiger partial charge in [-0.1, -0.05) is 49.2 Å². The second kappa shape index (κ2) is 11.0. The number of fused-ring (bicyclic) bond motifs is 1. The number of rotatable bonds is 9. The Morgan fingerprint density at radius 3 is 2.42 bits per heavy atom. The van der Waals surface area contributed by atoms with E-state index in [9.17, 15) is 9.35 Å². The second-order valence-electron chi connectivity index (χ2n) is 10.1. The number of likely N-dealkylation sites (N-methyl/N-ethyl adjacent to an activating group) is 1. The Hall–Kier alpha value is -0.600. The molecule has 2 aliphatic carbocycles. The number of halogens is 1. The van der Waals surface area contributed by atoms with Gasteiger partial charge in [0.1, 0.15) is 5.75 Å². The van der Waals surface area contributed by atoms with E-state index in [1.807, 2.05) is 18.7 Å². The molecule has 3 rings (SSSR count). The first-order valence-corrected chi connectivity index (χ1v) is 14.6. The lowest BCUT2D eigenvalue weighted by Gasteiger charge is -2.53. The number of carbonyl (C=O) groups is 1. The first kappa shape index (κ1) is 27.0. The fourth-order valence-corrected chi connectivity index (χ4v) is 8.42. The van der Waals surface area contributed by atoms with Crippen molar-refractivity contribution < 1.29 is 14.1 Å². The molecule has 1 saturated carbocycles. The van der Waals surface area contributed by atoms with Crippen LogP contribution in [0.3, 0.4) is 0 Å². The van der Waals surface area contributed by atoms with Gasteiger partial charge in [-0.2, -0.15) is 0 Å². The third kappa shape index (κ3) is 4.77. The van der Waals surface area contributed by atoms with Gasteiger partial charge in [0.05, 0.1) is 6.10 Å². The maximum absolute atomic E-state index is 14.5. The van der Waals surface area contributed by atoms with Crippen LogP contribution in [0.5, 0.6) is 0 Å². The van der Waals surface area contributed by atoms with Crippen LogP contribution in [0, 0.1) is 17.3 Å². The van der Waals surface area contributed by atoms with Crippen LogP contribution in [0.1, 0.15) is 71.4 Å². The van der Waals surface area contributed by atoms with Crippen molar-refractivity contribution in [3.8, 4) is 0 Å². The van der Waals surface area contributed by atoms with Crippen molar-refractivity contribution in [3.05, 3.63) is 33.8 Å². The average molecular weight is 542 g/mol. The predicted octanol–water partition coefficient (Wildman–Crippen LogP) is 5.19. The minimum Gasteiger partial charge on any atom is -0.598 e. The van der Waals surface area contributed by atoms with Gasteiger partial charge in [-0.15, -0.1) is 4.72 Å². The molecule has 1 amide bonds. The van der Waals surface area contributed by atoms with Crippen LogP contribution in [0.15, 0.2) is 22.7 Å². The quantitative estimate of drug-likeness (QED) is 0.437. The second-order valence-corrected chi connectivity index (χ2v) is 12.3. The van der Waals surface area contributed by atoms with Crippen molar-refractivity contribution in [2.24, 2.45) is 17.3 Å². The summed E-state index contributed by atoms with van der Waals surface area (Å²) in [6.07, 6.45) is 4.53. The van der Waals surface area contributed by atoms with E-state index >= 15 is 0 Å². The SMILES string of the molecule is CCCC[S+]([O-])N[C@@]1(C(=O)N(CC)CC)c2cc(Br)ccc2CC12C[C@@H](C)C(OC)[C@@H](C)C2. The summed E-state index contributed by atoms with van der Waals surface area (Å²) < 4.78 is 23.8. The number of carbonyl (C=O) groups excluding carboxylic acids is 1. The average Bonchev–Trinajstić information content (AvgIpc) is 3.01. The lowest BCUT2D eigenvalue weighted by Crippen LogP contribution is -2.66. The van der Waals surface area contributed by atoms with Crippen LogP contribution in [0.25, 0.3) is 0 Å². The van der Waals surface area contributed by atoms with Gasteiger partial charge in [0.15, 0.2) is 5.54 Å². The molecular formula is C26H41BrN2O3S. The van der Waals surface area contributed by atoms with E-state index in [-0.39, 0.29) is 17.4 Å². The standard InChI is InChI=1S/C26H41BrN2O3S/c1-7-10-13-33(31)28-26(24(30)29(8-2)9-3)22-14-21(27)12-11-20(22)17-25(26)15-18(4)23(32-6)19(5)16-25/h11-12,14,18-19,23,28H,7-10,13,15-17H2,1-6H3/t18-,19+,23?,25?,26-,33?/m1/s1. The van der Waals surface area contributed by atoms with Crippen LogP contribution in [-0.4, -0.2) is 47.4 Å². The van der Waals surface area contributed by atoms with Crippen molar-refractivity contribution in [1.29, 1.82) is 0 Å². The van der Waals surface area contributed by atoms with Crippen LogP contribution < -0.4 is 4.72 Å². The highest BCUT2D eigenvalue weighted by molar-refractivity contribution is 9.10. The molecule has 1 aromatic carbocycles. The van der Waals surface area contributed by atoms with E-state index in [4.69, 9.17) is 4.74 Å². The van der Waals surface area contributed by atoms with Crippen molar-refractivity contribution in [2.45, 2.75) is 78.4 Å². The Bertz CT molecular complexity index is 822. The van der Waals surface area contributed by atoms with Gasteiger partial charge >= 0.3 is 0 Å². The molecule has 0 heterocycles. The zero-order valence-corrected chi connectivity index (χ0v) is 23.5. The molecule has 33 heavy (non-hydrogen) atoms. The number of hydrogen-bond donors (Lipinski definition) is 1. The Morgan fingerprint density at radius 2 is 1.88 bits per heavy atom. The molecule has 3 unspecified atom stereocenters. The smallest absolute Gasteiger partial charge is 0.252 e. The van der Waals surface area contributed by atoms with Crippen LogP contribution >= 0.6 is 15.9 Å². The highest BCUT2D eigenvalue weighted by Crippen LogP contribution is 2.61. The molecule has 0 aliphatic heterocycles. The van der Waals surface area contributed by atoms with Crippen molar-refractivity contribution in [3.63, 3.8) is 0 Å². The lowest BCUT2D eigenvalue weighted by atomic mass is 9.56. The van der Waals surface area contributed by atoms with E-state index in [0.29, 0.717) is 30.7 Å². The summed E-state index contributed by atoms with van der Waals surface area (Å²) in [7, 11) is 1.79. The van der Waals surface area contributed by atoms with Crippen molar-refractivity contribution >= 4 is 33.2 Å². The first-order valence-electron chi connectivity index (χ1n) is 12.5. The highest BCUT2D eigenvalue weighted by Gasteiger charge is 2.67. The fourth-order valence-electron chi connectivity index (χ4n) is 6.65. The number of ether oxygens (including phenoxy) is 1. The maximum atomic E-state index is 14.5. The van der Waals surface area contributed by atoms with E-state index in [1.54, 1.807) is 7.11 Å². The normalized spacial score (nSPS) is 32.1. The summed E-state index contributed by atoms with van der Waals surface area (Å²) in [5.41, 5.74) is 0.812. The summed E-state index contributed by atoms with van der Waals surface area (Å²) in [6, 6.07) is 6.30. The van der Waals surface area contributed by atoms with Gasteiger partial charge in [0, 0.05) is 41.4 Å². The third-order valence-corrected chi connectivity index (χ3v) is 9.63. The number of unbranched alkanes of at least 4 members (excludes halogenated alkanes) is 1. The molecule has 186 valence electrons. The number of hydrogen-bond acceptors (Lipinski definition) is 4. The topological polar surface area (TPSA) is 64.6 Å². The molecule has 2 aliphatic rings. The Morgan fingerprint density at radius 1 is 1.24 bits per heavy atom. The van der Waals surface area contributed by atoms with Crippen molar-refractivity contribution in [2.75, 3.05) is 26.0 Å². The summed E-state index contributed by atoms with van der Waals surface area (Å²) in [5, 5.41) is 0. The molecule has 5 nitrogen and oxygen atoms in total. The van der Waals surface area contributed by atoms with Gasteiger partial charge < -0.3 is 14.2 Å². The van der Waals surface area contributed by atoms with Gasteiger partial charge in [-0.05, 0) is 74.6 Å². The van der Waals surface area contributed by atoms with Crippen molar-refractivity contribution in [1.82, 2.24) is 9.62 Å².